The summed E-state index contributed by atoms with van der Waals surface area (Å²) in [5, 5.41) is 3.14. The number of fused-ring (bicyclic) bond motifs is 1. The van der Waals surface area contributed by atoms with Gasteiger partial charge in [0.15, 0.2) is 0 Å². The summed E-state index contributed by atoms with van der Waals surface area (Å²) in [6.45, 7) is 5.79. The van der Waals surface area contributed by atoms with E-state index in [0.29, 0.717) is 29.2 Å². The van der Waals surface area contributed by atoms with E-state index >= 15 is 0 Å². The quantitative estimate of drug-likeness (QED) is 0.331. The summed E-state index contributed by atoms with van der Waals surface area (Å²) in [5.41, 5.74) is -0.540. The van der Waals surface area contributed by atoms with E-state index in [2.05, 4.69) is 5.32 Å². The number of carbonyl (C=O) groups is 2. The number of benzene rings is 2. The van der Waals surface area contributed by atoms with Crippen molar-refractivity contribution in [3.63, 3.8) is 0 Å². The van der Waals surface area contributed by atoms with E-state index in [4.69, 9.17) is 23.2 Å². The Hall–Kier alpha value is -3.47. The highest BCUT2D eigenvalue weighted by atomic mass is 35.5. The topological polar surface area (TPSA) is 93.4 Å². The van der Waals surface area contributed by atoms with Crippen molar-refractivity contribution in [3.8, 4) is 5.69 Å². The SMILES string of the molecule is CCN(CC)C(=O)c1sc2c(c1C)c(=O)n(-c1ccc(Cl)c(Cl)c1)c(=O)n2CC(=O)Nc1ccc(F)cc1. The third kappa shape index (κ3) is 5.11. The Morgan fingerprint density at radius 3 is 2.29 bits per heavy atom. The minimum absolute atomic E-state index is 0.135. The average molecular weight is 577 g/mol. The highest BCUT2D eigenvalue weighted by molar-refractivity contribution is 7.20. The van der Waals surface area contributed by atoms with E-state index in [1.165, 1.54) is 42.5 Å². The van der Waals surface area contributed by atoms with Gasteiger partial charge in [0.1, 0.15) is 17.2 Å². The maximum absolute atomic E-state index is 13.7. The first-order chi connectivity index (χ1) is 18.1. The summed E-state index contributed by atoms with van der Waals surface area (Å²) in [5.74, 6) is -1.32. The summed E-state index contributed by atoms with van der Waals surface area (Å²) in [7, 11) is 0. The molecule has 198 valence electrons. The zero-order valence-corrected chi connectivity index (χ0v) is 23.0. The molecule has 2 aromatic carbocycles. The van der Waals surface area contributed by atoms with Crippen LogP contribution in [-0.2, 0) is 11.3 Å². The number of nitrogens with one attached hydrogen (secondary N) is 1. The molecule has 0 aliphatic rings. The first-order valence-corrected chi connectivity index (χ1v) is 13.2. The van der Waals surface area contributed by atoms with Gasteiger partial charge in [-0.15, -0.1) is 11.3 Å². The number of amides is 2. The number of hydrogen-bond acceptors (Lipinski definition) is 5. The van der Waals surface area contributed by atoms with Crippen molar-refractivity contribution in [3.05, 3.63) is 89.6 Å². The first kappa shape index (κ1) is 27.6. The second-order valence-corrected chi connectivity index (χ2v) is 10.2. The van der Waals surface area contributed by atoms with Crippen LogP contribution < -0.4 is 16.6 Å². The molecule has 8 nitrogen and oxygen atoms in total. The van der Waals surface area contributed by atoms with Crippen molar-refractivity contribution in [2.75, 3.05) is 18.4 Å². The maximum Gasteiger partial charge on any atom is 0.337 e. The second kappa shape index (κ2) is 11.1. The molecule has 4 rings (SSSR count). The minimum Gasteiger partial charge on any atom is -0.338 e. The van der Waals surface area contributed by atoms with E-state index in [1.807, 2.05) is 13.8 Å². The van der Waals surface area contributed by atoms with Gasteiger partial charge in [0, 0.05) is 18.8 Å². The minimum atomic E-state index is -0.793. The smallest absolute Gasteiger partial charge is 0.337 e. The van der Waals surface area contributed by atoms with E-state index in [1.54, 1.807) is 11.8 Å². The van der Waals surface area contributed by atoms with Crippen LogP contribution in [0.5, 0.6) is 0 Å². The first-order valence-electron chi connectivity index (χ1n) is 11.7. The van der Waals surface area contributed by atoms with Crippen LogP contribution in [0.15, 0.2) is 52.1 Å². The monoisotopic (exact) mass is 576 g/mol. The Morgan fingerprint density at radius 2 is 1.68 bits per heavy atom. The largest absolute Gasteiger partial charge is 0.338 e. The van der Waals surface area contributed by atoms with Gasteiger partial charge in [-0.25, -0.2) is 13.8 Å². The molecule has 0 saturated heterocycles. The van der Waals surface area contributed by atoms with Gasteiger partial charge in [-0.05, 0) is 68.8 Å². The zero-order valence-electron chi connectivity index (χ0n) is 20.7. The van der Waals surface area contributed by atoms with Gasteiger partial charge in [0.05, 0.1) is 26.0 Å². The summed E-state index contributed by atoms with van der Waals surface area (Å²) >= 11 is 13.2. The molecule has 0 bridgehead atoms. The van der Waals surface area contributed by atoms with Gasteiger partial charge in [-0.2, -0.15) is 0 Å². The molecule has 0 radical (unpaired) electrons. The summed E-state index contributed by atoms with van der Waals surface area (Å²) in [6, 6.07) is 9.46. The normalized spacial score (nSPS) is 11.1. The lowest BCUT2D eigenvalue weighted by Crippen LogP contribution is -2.40. The third-order valence-electron chi connectivity index (χ3n) is 6.05. The molecular formula is C26H23Cl2FN4O4S. The lowest BCUT2D eigenvalue weighted by molar-refractivity contribution is -0.116. The molecule has 0 aliphatic heterocycles. The molecule has 4 aromatic rings. The number of nitrogens with zero attached hydrogens (tertiary/aromatic N) is 3. The number of halogens is 3. The maximum atomic E-state index is 13.7. The lowest BCUT2D eigenvalue weighted by Gasteiger charge is -2.17. The summed E-state index contributed by atoms with van der Waals surface area (Å²) in [6.07, 6.45) is 0. The third-order valence-corrected chi connectivity index (χ3v) is 8.09. The van der Waals surface area contributed by atoms with Crippen LogP contribution >= 0.6 is 34.5 Å². The van der Waals surface area contributed by atoms with E-state index in [9.17, 15) is 23.6 Å². The number of aromatic nitrogens is 2. The van der Waals surface area contributed by atoms with E-state index < -0.39 is 29.5 Å². The second-order valence-electron chi connectivity index (χ2n) is 8.38. The lowest BCUT2D eigenvalue weighted by atomic mass is 10.2. The van der Waals surface area contributed by atoms with Gasteiger partial charge in [0.2, 0.25) is 5.91 Å². The van der Waals surface area contributed by atoms with Crippen LogP contribution in [0, 0.1) is 12.7 Å². The van der Waals surface area contributed by atoms with Gasteiger partial charge in [-0.3, -0.25) is 19.0 Å². The highest BCUT2D eigenvalue weighted by Gasteiger charge is 2.26. The average Bonchev–Trinajstić information content (AvgIpc) is 3.23. The molecular weight excluding hydrogens is 554 g/mol. The van der Waals surface area contributed by atoms with Crippen molar-refractivity contribution < 1.29 is 14.0 Å². The number of anilines is 1. The zero-order chi connectivity index (χ0) is 27.7. The van der Waals surface area contributed by atoms with Crippen molar-refractivity contribution in [2.45, 2.75) is 27.3 Å². The molecule has 38 heavy (non-hydrogen) atoms. The molecule has 0 fully saturated rings. The molecule has 0 atom stereocenters. The number of rotatable bonds is 7. The number of hydrogen-bond donors (Lipinski definition) is 1. The molecule has 2 aromatic heterocycles. The predicted octanol–water partition coefficient (Wildman–Crippen LogP) is 5.09. The van der Waals surface area contributed by atoms with E-state index in [-0.39, 0.29) is 31.9 Å². The standard InChI is InChI=1S/C26H23Cl2FN4O4S/c1-4-31(5-2)24(36)22-14(3)21-23(35)33(17-10-11-18(27)19(28)12-17)26(37)32(25(21)38-22)13-20(34)30-16-8-6-15(29)7-9-16/h6-12H,4-5,13H2,1-3H3,(H,30,34). The van der Waals surface area contributed by atoms with Gasteiger partial charge in [-0.1, -0.05) is 23.2 Å². The molecule has 1 N–H and O–H groups in total. The van der Waals surface area contributed by atoms with Crippen LogP contribution in [0.1, 0.15) is 29.1 Å². The number of aryl methyl sites for hydroxylation is 1. The van der Waals surface area contributed by atoms with Crippen LogP contribution in [0.25, 0.3) is 15.9 Å². The van der Waals surface area contributed by atoms with E-state index in [0.717, 1.165) is 20.5 Å². The Kier molecular flexibility index (Phi) is 8.05. The van der Waals surface area contributed by atoms with Gasteiger partial charge >= 0.3 is 5.69 Å². The Labute approximate surface area is 230 Å². The summed E-state index contributed by atoms with van der Waals surface area (Å²) in [4.78, 5) is 55.7. The van der Waals surface area contributed by atoms with Crippen molar-refractivity contribution in [1.82, 2.24) is 14.0 Å². The molecule has 0 saturated carbocycles. The molecule has 2 amide bonds. The molecule has 12 heteroatoms. The fourth-order valence-electron chi connectivity index (χ4n) is 4.07. The summed E-state index contributed by atoms with van der Waals surface area (Å²) < 4.78 is 15.3. The van der Waals surface area contributed by atoms with Crippen LogP contribution in [-0.4, -0.2) is 38.9 Å². The number of thiophene rings is 1. The van der Waals surface area contributed by atoms with Gasteiger partial charge < -0.3 is 10.2 Å². The Morgan fingerprint density at radius 1 is 1.03 bits per heavy atom. The van der Waals surface area contributed by atoms with Crippen molar-refractivity contribution in [2.24, 2.45) is 0 Å². The van der Waals surface area contributed by atoms with Crippen molar-refractivity contribution >= 4 is 62.3 Å². The molecule has 0 aliphatic carbocycles. The van der Waals surface area contributed by atoms with Gasteiger partial charge in [0.25, 0.3) is 11.5 Å². The van der Waals surface area contributed by atoms with Crippen LogP contribution in [0.4, 0.5) is 10.1 Å². The van der Waals surface area contributed by atoms with Crippen LogP contribution in [0.3, 0.4) is 0 Å². The predicted molar refractivity (Wildman–Crippen MR) is 149 cm³/mol. The highest BCUT2D eigenvalue weighted by Crippen LogP contribution is 2.30. The van der Waals surface area contributed by atoms with Crippen molar-refractivity contribution in [1.29, 1.82) is 0 Å². The molecule has 0 unspecified atom stereocenters. The molecule has 2 heterocycles. The Bertz CT molecular complexity index is 1670. The molecule has 0 spiro atoms. The number of carbonyl (C=O) groups excluding carboxylic acids is 2. The Balaban J connectivity index is 1.94. The fourth-order valence-corrected chi connectivity index (χ4v) is 5.63. The van der Waals surface area contributed by atoms with Crippen LogP contribution in [0.2, 0.25) is 10.0 Å². The fraction of sp³-hybridized carbons (Fsp3) is 0.231.